The third-order valence-electron chi connectivity index (χ3n) is 1.70. The SMILES string of the molecule is CCSCCNCCC(Cl)CC. The Labute approximate surface area is 85.6 Å². The van der Waals surface area contributed by atoms with Gasteiger partial charge in [0.15, 0.2) is 0 Å². The van der Waals surface area contributed by atoms with Gasteiger partial charge in [-0.1, -0.05) is 13.8 Å². The Kier molecular flexibility index (Phi) is 10.2. The fourth-order valence-electron chi connectivity index (χ4n) is 0.876. The molecule has 0 aromatic carbocycles. The summed E-state index contributed by atoms with van der Waals surface area (Å²) in [5.41, 5.74) is 0. The largest absolute Gasteiger partial charge is 0.316 e. The van der Waals surface area contributed by atoms with Gasteiger partial charge in [-0.15, -0.1) is 11.6 Å². The minimum absolute atomic E-state index is 0.358. The van der Waals surface area contributed by atoms with Crippen molar-refractivity contribution in [2.24, 2.45) is 0 Å². The van der Waals surface area contributed by atoms with E-state index < -0.39 is 0 Å². The summed E-state index contributed by atoms with van der Waals surface area (Å²) in [6.45, 7) is 6.50. The number of hydrogen-bond acceptors (Lipinski definition) is 2. The van der Waals surface area contributed by atoms with Crippen LogP contribution in [0, 0.1) is 0 Å². The summed E-state index contributed by atoms with van der Waals surface area (Å²) >= 11 is 7.94. The van der Waals surface area contributed by atoms with Crippen molar-refractivity contribution in [1.82, 2.24) is 5.32 Å². The number of hydrogen-bond donors (Lipinski definition) is 1. The van der Waals surface area contributed by atoms with Crippen LogP contribution in [0.3, 0.4) is 0 Å². The van der Waals surface area contributed by atoms with Crippen molar-refractivity contribution >= 4 is 23.4 Å². The van der Waals surface area contributed by atoms with Gasteiger partial charge in [0.05, 0.1) is 0 Å². The van der Waals surface area contributed by atoms with Gasteiger partial charge in [-0.25, -0.2) is 0 Å². The zero-order valence-electron chi connectivity index (χ0n) is 8.11. The first-order valence-corrected chi connectivity index (χ1v) is 6.32. The Morgan fingerprint density at radius 1 is 1.33 bits per heavy atom. The first-order chi connectivity index (χ1) is 5.81. The first-order valence-electron chi connectivity index (χ1n) is 4.73. The summed E-state index contributed by atoms with van der Waals surface area (Å²) in [6.07, 6.45) is 2.17. The van der Waals surface area contributed by atoms with Crippen LogP contribution in [0.15, 0.2) is 0 Å². The lowest BCUT2D eigenvalue weighted by Crippen LogP contribution is -2.20. The summed E-state index contributed by atoms with van der Waals surface area (Å²) in [7, 11) is 0. The van der Waals surface area contributed by atoms with Gasteiger partial charge < -0.3 is 5.32 Å². The minimum Gasteiger partial charge on any atom is -0.316 e. The molecule has 0 spiro atoms. The zero-order chi connectivity index (χ0) is 9.23. The molecule has 74 valence electrons. The van der Waals surface area contributed by atoms with E-state index in [1.807, 2.05) is 11.8 Å². The van der Waals surface area contributed by atoms with E-state index in [1.54, 1.807) is 0 Å². The van der Waals surface area contributed by atoms with E-state index in [4.69, 9.17) is 11.6 Å². The van der Waals surface area contributed by atoms with E-state index in [1.165, 1.54) is 11.5 Å². The number of halogens is 1. The van der Waals surface area contributed by atoms with Gasteiger partial charge in [0.2, 0.25) is 0 Å². The van der Waals surface area contributed by atoms with Gasteiger partial charge >= 0.3 is 0 Å². The lowest BCUT2D eigenvalue weighted by molar-refractivity contribution is 0.641. The smallest absolute Gasteiger partial charge is 0.0345 e. The van der Waals surface area contributed by atoms with Crippen LogP contribution in [0.5, 0.6) is 0 Å². The van der Waals surface area contributed by atoms with Gasteiger partial charge in [0.1, 0.15) is 0 Å². The van der Waals surface area contributed by atoms with Crippen LogP contribution in [0.1, 0.15) is 26.7 Å². The van der Waals surface area contributed by atoms with Crippen molar-refractivity contribution < 1.29 is 0 Å². The van der Waals surface area contributed by atoms with E-state index in [-0.39, 0.29) is 0 Å². The van der Waals surface area contributed by atoms with E-state index in [9.17, 15) is 0 Å². The van der Waals surface area contributed by atoms with Crippen molar-refractivity contribution in [3.8, 4) is 0 Å². The van der Waals surface area contributed by atoms with Crippen molar-refractivity contribution in [2.75, 3.05) is 24.6 Å². The molecule has 0 heterocycles. The molecular formula is C9H20ClNS. The fourth-order valence-corrected chi connectivity index (χ4v) is 1.56. The zero-order valence-corrected chi connectivity index (χ0v) is 9.68. The summed E-state index contributed by atoms with van der Waals surface area (Å²) < 4.78 is 0. The molecule has 0 amide bonds. The predicted octanol–water partition coefficient (Wildman–Crippen LogP) is 2.74. The highest BCUT2D eigenvalue weighted by atomic mass is 35.5. The molecule has 0 aliphatic rings. The van der Waals surface area contributed by atoms with E-state index >= 15 is 0 Å². The molecule has 0 fully saturated rings. The fraction of sp³-hybridized carbons (Fsp3) is 1.00. The second-order valence-corrected chi connectivity index (χ2v) is 4.75. The van der Waals surface area contributed by atoms with Crippen molar-refractivity contribution in [3.05, 3.63) is 0 Å². The van der Waals surface area contributed by atoms with Gasteiger partial charge in [-0.3, -0.25) is 0 Å². The molecular weight excluding hydrogens is 190 g/mol. The average Bonchev–Trinajstić information content (AvgIpc) is 2.10. The molecule has 1 N–H and O–H groups in total. The summed E-state index contributed by atoms with van der Waals surface area (Å²) in [5.74, 6) is 2.43. The molecule has 1 atom stereocenters. The van der Waals surface area contributed by atoms with Crippen molar-refractivity contribution in [3.63, 3.8) is 0 Å². The third-order valence-corrected chi connectivity index (χ3v) is 3.13. The van der Waals surface area contributed by atoms with Crippen LogP contribution < -0.4 is 5.32 Å². The van der Waals surface area contributed by atoms with Crippen LogP contribution in [0.25, 0.3) is 0 Å². The van der Waals surface area contributed by atoms with E-state index in [2.05, 4.69) is 19.2 Å². The normalized spacial score (nSPS) is 13.2. The Morgan fingerprint density at radius 3 is 2.67 bits per heavy atom. The molecule has 0 rings (SSSR count). The highest BCUT2D eigenvalue weighted by Crippen LogP contribution is 2.04. The summed E-state index contributed by atoms with van der Waals surface area (Å²) in [5, 5.41) is 3.74. The molecule has 0 aromatic rings. The molecule has 0 radical (unpaired) electrons. The van der Waals surface area contributed by atoms with Gasteiger partial charge in [0.25, 0.3) is 0 Å². The van der Waals surface area contributed by atoms with Crippen LogP contribution >= 0.6 is 23.4 Å². The average molecular weight is 210 g/mol. The highest BCUT2D eigenvalue weighted by Gasteiger charge is 1.98. The molecule has 0 aromatic heterocycles. The Bertz CT molecular complexity index is 90.6. The predicted molar refractivity (Wildman–Crippen MR) is 60.4 cm³/mol. The molecule has 1 unspecified atom stereocenters. The highest BCUT2D eigenvalue weighted by molar-refractivity contribution is 7.99. The molecule has 0 aliphatic heterocycles. The van der Waals surface area contributed by atoms with Crippen molar-refractivity contribution in [2.45, 2.75) is 32.1 Å². The van der Waals surface area contributed by atoms with Crippen LogP contribution in [-0.2, 0) is 0 Å². The first kappa shape index (κ1) is 12.6. The van der Waals surface area contributed by atoms with Crippen LogP contribution in [0.2, 0.25) is 0 Å². The molecule has 0 bridgehead atoms. The minimum atomic E-state index is 0.358. The van der Waals surface area contributed by atoms with E-state index in [0.29, 0.717) is 5.38 Å². The maximum Gasteiger partial charge on any atom is 0.0345 e. The molecule has 1 nitrogen and oxygen atoms in total. The summed E-state index contributed by atoms with van der Waals surface area (Å²) in [6, 6.07) is 0. The number of nitrogens with one attached hydrogen (secondary N) is 1. The maximum absolute atomic E-state index is 5.96. The third kappa shape index (κ3) is 8.69. The second kappa shape index (κ2) is 9.69. The Balaban J connectivity index is 2.90. The van der Waals surface area contributed by atoms with Crippen molar-refractivity contribution in [1.29, 1.82) is 0 Å². The van der Waals surface area contributed by atoms with Crippen LogP contribution in [-0.4, -0.2) is 30.0 Å². The summed E-state index contributed by atoms with van der Waals surface area (Å²) in [4.78, 5) is 0. The standard InChI is InChI=1S/C9H20ClNS/c1-3-9(10)5-6-11-7-8-12-4-2/h9,11H,3-8H2,1-2H3. The van der Waals surface area contributed by atoms with Gasteiger partial charge in [-0.05, 0) is 25.1 Å². The number of rotatable bonds is 8. The molecule has 3 heteroatoms. The maximum atomic E-state index is 5.96. The molecule has 0 aliphatic carbocycles. The molecule has 12 heavy (non-hydrogen) atoms. The number of thioether (sulfide) groups is 1. The van der Waals surface area contributed by atoms with E-state index in [0.717, 1.165) is 25.9 Å². The van der Waals surface area contributed by atoms with Crippen LogP contribution in [0.4, 0.5) is 0 Å². The number of alkyl halides is 1. The topological polar surface area (TPSA) is 12.0 Å². The quantitative estimate of drug-likeness (QED) is 0.488. The lowest BCUT2D eigenvalue weighted by Gasteiger charge is -2.06. The Morgan fingerprint density at radius 2 is 2.08 bits per heavy atom. The second-order valence-electron chi connectivity index (χ2n) is 2.74. The van der Waals surface area contributed by atoms with Gasteiger partial charge in [0, 0.05) is 17.7 Å². The Hall–Kier alpha value is 0.600. The monoisotopic (exact) mass is 209 g/mol. The molecule has 0 saturated heterocycles. The lowest BCUT2D eigenvalue weighted by atomic mass is 10.2. The van der Waals surface area contributed by atoms with Gasteiger partial charge in [-0.2, -0.15) is 11.8 Å². The molecule has 0 saturated carbocycles.